The number of likely N-dealkylation sites (tertiary alicyclic amines) is 1. The van der Waals surface area contributed by atoms with Crippen LogP contribution in [0, 0.1) is 17.2 Å². The van der Waals surface area contributed by atoms with E-state index in [9.17, 15) is 4.79 Å². The summed E-state index contributed by atoms with van der Waals surface area (Å²) in [6.45, 7) is 7.75. The maximum Gasteiger partial charge on any atom is 0.272 e. The molecule has 0 aliphatic carbocycles. The number of hydrogen-bond donors (Lipinski definition) is 0. The Labute approximate surface area is 108 Å². The van der Waals surface area contributed by atoms with Crippen molar-refractivity contribution in [3.05, 3.63) is 29.6 Å². The van der Waals surface area contributed by atoms with Crippen molar-refractivity contribution < 1.29 is 4.79 Å². The lowest BCUT2D eigenvalue weighted by molar-refractivity contribution is 0.0488. The van der Waals surface area contributed by atoms with Gasteiger partial charge >= 0.3 is 0 Å². The average Bonchev–Trinajstić information content (AvgIpc) is 2.40. The van der Waals surface area contributed by atoms with Gasteiger partial charge in [0.1, 0.15) is 17.5 Å². The van der Waals surface area contributed by atoms with Gasteiger partial charge in [0.2, 0.25) is 0 Å². The molecule has 96 valence electrons. The molecule has 18 heavy (non-hydrogen) atoms. The topological polar surface area (TPSA) is 57.0 Å². The summed E-state index contributed by atoms with van der Waals surface area (Å²) in [6, 6.07) is 6.88. The largest absolute Gasteiger partial charge is 0.337 e. The van der Waals surface area contributed by atoms with Crippen molar-refractivity contribution in [1.29, 1.82) is 5.26 Å². The molecule has 1 aliphatic rings. The van der Waals surface area contributed by atoms with E-state index in [1.807, 2.05) is 19.9 Å². The summed E-state index contributed by atoms with van der Waals surface area (Å²) in [7, 11) is 0. The fourth-order valence-electron chi connectivity index (χ4n) is 1.77. The van der Waals surface area contributed by atoms with Gasteiger partial charge in [-0.1, -0.05) is 26.8 Å². The van der Waals surface area contributed by atoms with Crippen molar-refractivity contribution in [2.45, 2.75) is 27.2 Å². The first-order valence-electron chi connectivity index (χ1n) is 6.41. The van der Waals surface area contributed by atoms with Crippen molar-refractivity contribution in [2.75, 3.05) is 13.1 Å². The molecule has 0 spiro atoms. The highest BCUT2D eigenvalue weighted by molar-refractivity contribution is 5.92. The Bertz CT molecular complexity index is 445. The van der Waals surface area contributed by atoms with Gasteiger partial charge < -0.3 is 4.90 Å². The van der Waals surface area contributed by atoms with Gasteiger partial charge in [-0.3, -0.25) is 4.79 Å². The normalized spacial score (nSPS) is 14.0. The monoisotopic (exact) mass is 245 g/mol. The number of hydrogen-bond acceptors (Lipinski definition) is 3. The van der Waals surface area contributed by atoms with Crippen LogP contribution < -0.4 is 0 Å². The molecule has 4 nitrogen and oxygen atoms in total. The first-order chi connectivity index (χ1) is 8.74. The molecule has 0 saturated carbocycles. The number of nitriles is 1. The fourth-order valence-corrected chi connectivity index (χ4v) is 1.77. The van der Waals surface area contributed by atoms with Crippen LogP contribution in [0.15, 0.2) is 18.2 Å². The first-order valence-corrected chi connectivity index (χ1v) is 6.41. The summed E-state index contributed by atoms with van der Waals surface area (Å²) >= 11 is 0. The fraction of sp³-hybridized carbons (Fsp3) is 0.500. The Hall–Kier alpha value is -1.89. The molecule has 1 aromatic rings. The average molecular weight is 245 g/mol. The molecule has 0 bridgehead atoms. The van der Waals surface area contributed by atoms with Crippen LogP contribution in [0.3, 0.4) is 0 Å². The SMILES string of the molecule is CC.CCC1CN(C(=O)c2cccc(C#N)n2)C1. The van der Waals surface area contributed by atoms with E-state index in [2.05, 4.69) is 11.9 Å². The number of carbonyl (C=O) groups excluding carboxylic acids is 1. The third kappa shape index (κ3) is 3.07. The molecule has 1 fully saturated rings. The third-order valence-electron chi connectivity index (χ3n) is 2.90. The Balaban J connectivity index is 0.000000771. The van der Waals surface area contributed by atoms with Crippen LogP contribution in [0.25, 0.3) is 0 Å². The summed E-state index contributed by atoms with van der Waals surface area (Å²) < 4.78 is 0. The second-order valence-electron chi connectivity index (χ2n) is 4.00. The molecule has 2 rings (SSSR count). The maximum absolute atomic E-state index is 11.9. The van der Waals surface area contributed by atoms with Gasteiger partial charge in [-0.05, 0) is 24.5 Å². The van der Waals surface area contributed by atoms with Crippen molar-refractivity contribution in [2.24, 2.45) is 5.92 Å². The van der Waals surface area contributed by atoms with Gasteiger partial charge in [0.05, 0.1) is 0 Å². The zero-order valence-electron chi connectivity index (χ0n) is 11.2. The van der Waals surface area contributed by atoms with Crippen molar-refractivity contribution in [1.82, 2.24) is 9.88 Å². The molecular formula is C14H19N3O. The standard InChI is InChI=1S/C12H13N3O.C2H6/c1-2-9-7-15(8-9)12(16)11-5-3-4-10(6-13)14-11;1-2/h3-5,9H,2,7-8H2,1H3;1-2H3. The Morgan fingerprint density at radius 1 is 1.50 bits per heavy atom. The molecule has 0 aromatic carbocycles. The zero-order valence-corrected chi connectivity index (χ0v) is 11.2. The van der Waals surface area contributed by atoms with E-state index in [4.69, 9.17) is 5.26 Å². The first kappa shape index (κ1) is 14.2. The van der Waals surface area contributed by atoms with Gasteiger partial charge in [0.15, 0.2) is 0 Å². The van der Waals surface area contributed by atoms with Gasteiger partial charge in [0.25, 0.3) is 5.91 Å². The summed E-state index contributed by atoms with van der Waals surface area (Å²) in [5.41, 5.74) is 0.659. The minimum atomic E-state index is -0.0678. The molecule has 1 saturated heterocycles. The van der Waals surface area contributed by atoms with E-state index < -0.39 is 0 Å². The zero-order chi connectivity index (χ0) is 13.5. The number of aromatic nitrogens is 1. The Kier molecular flexibility index (Phi) is 5.31. The lowest BCUT2D eigenvalue weighted by atomic mass is 9.97. The molecule has 1 amide bonds. The number of pyridine rings is 1. The molecule has 1 aromatic heterocycles. The van der Waals surface area contributed by atoms with Gasteiger partial charge in [-0.15, -0.1) is 0 Å². The lowest BCUT2D eigenvalue weighted by Gasteiger charge is -2.38. The van der Waals surface area contributed by atoms with E-state index in [1.165, 1.54) is 0 Å². The summed E-state index contributed by atoms with van der Waals surface area (Å²) in [5.74, 6) is 0.560. The second kappa shape index (κ2) is 6.75. The lowest BCUT2D eigenvalue weighted by Crippen LogP contribution is -2.49. The highest BCUT2D eigenvalue weighted by atomic mass is 16.2. The predicted molar refractivity (Wildman–Crippen MR) is 70.0 cm³/mol. The van der Waals surface area contributed by atoms with E-state index in [1.54, 1.807) is 23.1 Å². The highest BCUT2D eigenvalue weighted by Crippen LogP contribution is 2.20. The molecule has 1 aliphatic heterocycles. The molecule has 0 radical (unpaired) electrons. The van der Waals surface area contributed by atoms with Crippen LogP contribution in [0.4, 0.5) is 0 Å². The summed E-state index contributed by atoms with van der Waals surface area (Å²) in [4.78, 5) is 17.7. The number of carbonyl (C=O) groups is 1. The van der Waals surface area contributed by atoms with Crippen molar-refractivity contribution >= 4 is 5.91 Å². The van der Waals surface area contributed by atoms with E-state index >= 15 is 0 Å². The van der Waals surface area contributed by atoms with Crippen LogP contribution in [0.5, 0.6) is 0 Å². The Morgan fingerprint density at radius 3 is 2.72 bits per heavy atom. The highest BCUT2D eigenvalue weighted by Gasteiger charge is 2.30. The number of nitrogens with zero attached hydrogens (tertiary/aromatic N) is 3. The summed E-state index contributed by atoms with van der Waals surface area (Å²) in [6.07, 6.45) is 1.11. The molecule has 2 heterocycles. The molecule has 0 atom stereocenters. The molecule has 4 heteroatoms. The van der Waals surface area contributed by atoms with Crippen molar-refractivity contribution in [3.63, 3.8) is 0 Å². The smallest absolute Gasteiger partial charge is 0.272 e. The molecule has 0 unspecified atom stereocenters. The van der Waals surface area contributed by atoms with Gasteiger partial charge in [0, 0.05) is 13.1 Å². The predicted octanol–water partition coefficient (Wildman–Crippen LogP) is 2.46. The number of amides is 1. The van der Waals surface area contributed by atoms with Gasteiger partial charge in [-0.2, -0.15) is 5.26 Å². The van der Waals surface area contributed by atoms with Crippen LogP contribution in [-0.4, -0.2) is 28.9 Å². The maximum atomic E-state index is 11.9. The quantitative estimate of drug-likeness (QED) is 0.804. The number of rotatable bonds is 2. The van der Waals surface area contributed by atoms with Gasteiger partial charge in [-0.25, -0.2) is 4.98 Å². The molecule has 0 N–H and O–H groups in total. The third-order valence-corrected chi connectivity index (χ3v) is 2.90. The second-order valence-corrected chi connectivity index (χ2v) is 4.00. The van der Waals surface area contributed by atoms with E-state index in [0.29, 0.717) is 17.3 Å². The van der Waals surface area contributed by atoms with Crippen LogP contribution >= 0.6 is 0 Å². The summed E-state index contributed by atoms with van der Waals surface area (Å²) in [5, 5.41) is 8.70. The van der Waals surface area contributed by atoms with Crippen molar-refractivity contribution in [3.8, 4) is 6.07 Å². The van der Waals surface area contributed by atoms with Crippen LogP contribution in [0.2, 0.25) is 0 Å². The minimum absolute atomic E-state index is 0.0678. The van der Waals surface area contributed by atoms with E-state index in [0.717, 1.165) is 19.5 Å². The van der Waals surface area contributed by atoms with Crippen LogP contribution in [0.1, 0.15) is 43.4 Å². The molecular weight excluding hydrogens is 226 g/mol. The van der Waals surface area contributed by atoms with E-state index in [-0.39, 0.29) is 5.91 Å². The Morgan fingerprint density at radius 2 is 2.17 bits per heavy atom. The van der Waals surface area contributed by atoms with Crippen LogP contribution in [-0.2, 0) is 0 Å². The minimum Gasteiger partial charge on any atom is -0.337 e.